The molecule has 2 aromatic rings. The highest BCUT2D eigenvalue weighted by Gasteiger charge is 2.31. The first kappa shape index (κ1) is 16.2. The molecular weight excluding hydrogens is 329 g/mol. The standard InChI is InChI=1S/C18H19F3N4/c1-10-2-5-12(18(19,20)21)8-14(10)23-16-9-15(11-3-4-11)24-17(25-16)22-13-6-7-13/h2,5,8-9,11,13H,3-4,6-7H2,1H3,(H2,22,23,24,25). The maximum atomic E-state index is 13.0. The first-order chi connectivity index (χ1) is 11.9. The number of aryl methyl sites for hydroxylation is 1. The van der Waals surface area contributed by atoms with Crippen LogP contribution in [0.1, 0.15) is 48.4 Å². The number of nitrogens with one attached hydrogen (secondary N) is 2. The summed E-state index contributed by atoms with van der Waals surface area (Å²) < 4.78 is 38.9. The first-order valence-corrected chi connectivity index (χ1v) is 8.49. The Labute approximate surface area is 143 Å². The Morgan fingerprint density at radius 1 is 1.04 bits per heavy atom. The monoisotopic (exact) mass is 348 g/mol. The quantitative estimate of drug-likeness (QED) is 0.798. The molecule has 1 aromatic carbocycles. The third kappa shape index (κ3) is 3.86. The molecule has 4 rings (SSSR count). The van der Waals surface area contributed by atoms with Crippen LogP contribution < -0.4 is 10.6 Å². The smallest absolute Gasteiger partial charge is 0.351 e. The molecule has 7 heteroatoms. The second-order valence-corrected chi connectivity index (χ2v) is 6.85. The SMILES string of the molecule is Cc1ccc(C(F)(F)F)cc1Nc1cc(C2CC2)nc(NC2CC2)n1. The Morgan fingerprint density at radius 3 is 2.44 bits per heavy atom. The van der Waals surface area contributed by atoms with Gasteiger partial charge >= 0.3 is 6.18 Å². The number of benzene rings is 1. The lowest BCUT2D eigenvalue weighted by molar-refractivity contribution is -0.137. The molecule has 0 bridgehead atoms. The summed E-state index contributed by atoms with van der Waals surface area (Å²) >= 11 is 0. The second kappa shape index (κ2) is 5.89. The molecule has 4 nitrogen and oxygen atoms in total. The molecule has 132 valence electrons. The Balaban J connectivity index is 1.64. The molecule has 0 unspecified atom stereocenters. The van der Waals surface area contributed by atoms with Crippen LogP contribution in [0.15, 0.2) is 24.3 Å². The van der Waals surface area contributed by atoms with Crippen molar-refractivity contribution in [1.82, 2.24) is 9.97 Å². The summed E-state index contributed by atoms with van der Waals surface area (Å²) in [5.74, 6) is 1.52. The molecule has 2 saturated carbocycles. The lowest BCUT2D eigenvalue weighted by atomic mass is 10.1. The van der Waals surface area contributed by atoms with Gasteiger partial charge in [0, 0.05) is 23.7 Å². The van der Waals surface area contributed by atoms with Crippen molar-refractivity contribution < 1.29 is 13.2 Å². The van der Waals surface area contributed by atoms with E-state index in [9.17, 15) is 13.2 Å². The predicted molar refractivity (Wildman–Crippen MR) is 90.1 cm³/mol. The number of rotatable bonds is 5. The van der Waals surface area contributed by atoms with Crippen molar-refractivity contribution in [3.05, 3.63) is 41.1 Å². The fraction of sp³-hybridized carbons (Fsp3) is 0.444. The van der Waals surface area contributed by atoms with Crippen molar-refractivity contribution in [2.75, 3.05) is 10.6 Å². The van der Waals surface area contributed by atoms with Crippen molar-refractivity contribution >= 4 is 17.5 Å². The van der Waals surface area contributed by atoms with E-state index in [-0.39, 0.29) is 0 Å². The highest BCUT2D eigenvalue weighted by Crippen LogP contribution is 2.40. The van der Waals surface area contributed by atoms with Gasteiger partial charge in [0.05, 0.1) is 11.3 Å². The van der Waals surface area contributed by atoms with E-state index in [0.29, 0.717) is 29.4 Å². The van der Waals surface area contributed by atoms with Crippen molar-refractivity contribution in [1.29, 1.82) is 0 Å². The van der Waals surface area contributed by atoms with Crippen LogP contribution in [0.2, 0.25) is 0 Å². The second-order valence-electron chi connectivity index (χ2n) is 6.85. The minimum atomic E-state index is -4.37. The number of anilines is 3. The molecule has 1 heterocycles. The van der Waals surface area contributed by atoms with Crippen molar-refractivity contribution in [2.45, 2.75) is 50.7 Å². The van der Waals surface area contributed by atoms with Crippen molar-refractivity contribution in [3.8, 4) is 0 Å². The molecule has 0 radical (unpaired) electrons. The summed E-state index contributed by atoms with van der Waals surface area (Å²) in [5.41, 5.74) is 1.42. The maximum Gasteiger partial charge on any atom is 0.416 e. The van der Waals surface area contributed by atoms with Crippen LogP contribution in [0.25, 0.3) is 0 Å². The molecule has 2 aliphatic carbocycles. The average molecular weight is 348 g/mol. The van der Waals surface area contributed by atoms with Crippen LogP contribution in [0, 0.1) is 6.92 Å². The zero-order valence-electron chi connectivity index (χ0n) is 13.8. The van der Waals surface area contributed by atoms with Gasteiger partial charge in [-0.25, -0.2) is 4.98 Å². The lowest BCUT2D eigenvalue weighted by Gasteiger charge is -2.14. The molecule has 0 saturated heterocycles. The fourth-order valence-corrected chi connectivity index (χ4v) is 2.66. The van der Waals surface area contributed by atoms with Gasteiger partial charge in [-0.15, -0.1) is 0 Å². The molecule has 25 heavy (non-hydrogen) atoms. The van der Waals surface area contributed by atoms with Gasteiger partial charge in [0.1, 0.15) is 5.82 Å². The van der Waals surface area contributed by atoms with E-state index in [4.69, 9.17) is 0 Å². The van der Waals surface area contributed by atoms with Crippen LogP contribution in [0.3, 0.4) is 0 Å². The summed E-state index contributed by atoms with van der Waals surface area (Å²) in [4.78, 5) is 8.99. The van der Waals surface area contributed by atoms with E-state index in [0.717, 1.165) is 49.1 Å². The summed E-state index contributed by atoms with van der Waals surface area (Å²) in [7, 11) is 0. The van der Waals surface area contributed by atoms with Gasteiger partial charge < -0.3 is 10.6 Å². The maximum absolute atomic E-state index is 13.0. The van der Waals surface area contributed by atoms with E-state index in [1.807, 2.05) is 6.07 Å². The minimum absolute atomic E-state index is 0.410. The number of alkyl halides is 3. The first-order valence-electron chi connectivity index (χ1n) is 8.49. The summed E-state index contributed by atoms with van der Waals surface area (Å²) in [6.07, 6.45) is 0.0382. The lowest BCUT2D eigenvalue weighted by Crippen LogP contribution is -2.09. The molecular formula is C18H19F3N4. The van der Waals surface area contributed by atoms with Crippen LogP contribution in [0.5, 0.6) is 0 Å². The average Bonchev–Trinajstić information content (AvgIpc) is 3.42. The molecule has 2 fully saturated rings. The van der Waals surface area contributed by atoms with E-state index in [1.54, 1.807) is 6.92 Å². The summed E-state index contributed by atoms with van der Waals surface area (Å²) in [5, 5.41) is 6.32. The van der Waals surface area contributed by atoms with E-state index in [2.05, 4.69) is 20.6 Å². The molecule has 0 spiro atoms. The summed E-state index contributed by atoms with van der Waals surface area (Å²) in [6, 6.07) is 5.95. The Kier molecular flexibility index (Phi) is 3.81. The zero-order valence-corrected chi connectivity index (χ0v) is 13.8. The van der Waals surface area contributed by atoms with Gasteiger partial charge in [-0.05, 0) is 50.3 Å². The van der Waals surface area contributed by atoms with Crippen LogP contribution in [-0.2, 0) is 6.18 Å². The molecule has 2 N–H and O–H groups in total. The Hall–Kier alpha value is -2.31. The van der Waals surface area contributed by atoms with E-state index in [1.165, 1.54) is 6.07 Å². The topological polar surface area (TPSA) is 49.8 Å². The molecule has 0 aliphatic heterocycles. The van der Waals surface area contributed by atoms with Gasteiger partial charge in [0.25, 0.3) is 0 Å². The third-order valence-corrected chi connectivity index (χ3v) is 4.48. The van der Waals surface area contributed by atoms with Gasteiger partial charge in [0.15, 0.2) is 0 Å². The highest BCUT2D eigenvalue weighted by molar-refractivity contribution is 5.63. The number of aromatic nitrogens is 2. The predicted octanol–water partition coefficient (Wildman–Crippen LogP) is 5.00. The molecule has 0 atom stereocenters. The van der Waals surface area contributed by atoms with E-state index >= 15 is 0 Å². The van der Waals surface area contributed by atoms with Crippen LogP contribution in [-0.4, -0.2) is 16.0 Å². The van der Waals surface area contributed by atoms with Crippen molar-refractivity contribution in [2.24, 2.45) is 0 Å². The summed E-state index contributed by atoms with van der Waals surface area (Å²) in [6.45, 7) is 1.77. The Bertz CT molecular complexity index is 795. The molecule has 1 aromatic heterocycles. The minimum Gasteiger partial charge on any atom is -0.351 e. The van der Waals surface area contributed by atoms with E-state index < -0.39 is 11.7 Å². The fourth-order valence-electron chi connectivity index (χ4n) is 2.66. The number of halogens is 3. The van der Waals surface area contributed by atoms with Gasteiger partial charge in [-0.1, -0.05) is 6.07 Å². The van der Waals surface area contributed by atoms with Gasteiger partial charge in [-0.2, -0.15) is 18.2 Å². The largest absolute Gasteiger partial charge is 0.416 e. The normalized spacial score (nSPS) is 17.4. The van der Waals surface area contributed by atoms with Gasteiger partial charge in [-0.3, -0.25) is 0 Å². The van der Waals surface area contributed by atoms with Crippen LogP contribution >= 0.6 is 0 Å². The molecule has 2 aliphatic rings. The zero-order chi connectivity index (χ0) is 17.6. The highest BCUT2D eigenvalue weighted by atomic mass is 19.4. The van der Waals surface area contributed by atoms with Crippen molar-refractivity contribution in [3.63, 3.8) is 0 Å². The Morgan fingerprint density at radius 2 is 1.80 bits per heavy atom. The number of hydrogen-bond acceptors (Lipinski definition) is 4. The number of hydrogen-bond donors (Lipinski definition) is 2. The molecule has 0 amide bonds. The number of nitrogens with zero attached hydrogens (tertiary/aromatic N) is 2. The van der Waals surface area contributed by atoms with Gasteiger partial charge in [0.2, 0.25) is 5.95 Å². The van der Waals surface area contributed by atoms with Crippen LogP contribution in [0.4, 0.5) is 30.6 Å². The third-order valence-electron chi connectivity index (χ3n) is 4.48.